The Morgan fingerprint density at radius 2 is 1.86 bits per heavy atom. The predicted octanol–water partition coefficient (Wildman–Crippen LogP) is 4.63. The first-order chi connectivity index (χ1) is 13.4. The Balaban J connectivity index is 1.90. The fraction of sp³-hybridized carbons (Fsp3) is 0.391. The van der Waals surface area contributed by atoms with Crippen molar-refractivity contribution in [2.45, 2.75) is 31.9 Å². The first-order valence-corrected chi connectivity index (χ1v) is 9.54. The van der Waals surface area contributed by atoms with E-state index in [4.69, 9.17) is 18.9 Å². The molecule has 28 heavy (non-hydrogen) atoms. The second-order valence-electron chi connectivity index (χ2n) is 7.65. The van der Waals surface area contributed by atoms with Gasteiger partial charge >= 0.3 is 0 Å². The van der Waals surface area contributed by atoms with Crippen LogP contribution in [0.5, 0.6) is 23.0 Å². The van der Waals surface area contributed by atoms with E-state index in [2.05, 4.69) is 37.0 Å². The van der Waals surface area contributed by atoms with E-state index in [1.807, 2.05) is 38.2 Å². The van der Waals surface area contributed by atoms with E-state index >= 15 is 0 Å². The summed E-state index contributed by atoms with van der Waals surface area (Å²) in [7, 11) is 5.40. The second kappa shape index (κ2) is 6.36. The maximum absolute atomic E-state index is 6.76. The highest BCUT2D eigenvalue weighted by molar-refractivity contribution is 5.78. The number of hydrogen-bond donors (Lipinski definition) is 0. The maximum atomic E-state index is 6.76. The molecule has 2 heterocycles. The van der Waals surface area contributed by atoms with Gasteiger partial charge in [0.25, 0.3) is 0 Å². The van der Waals surface area contributed by atoms with Gasteiger partial charge < -0.3 is 23.8 Å². The lowest BCUT2D eigenvalue weighted by atomic mass is 9.76. The summed E-state index contributed by atoms with van der Waals surface area (Å²) in [6, 6.07) is 9.97. The molecule has 1 spiro atoms. The number of fused-ring (bicyclic) bond motifs is 2. The molecule has 4 rings (SSSR count). The lowest BCUT2D eigenvalue weighted by Crippen LogP contribution is -2.58. The molecule has 0 fully saturated rings. The molecule has 2 aromatic carbocycles. The number of methoxy groups -OCH3 is 2. The van der Waals surface area contributed by atoms with Crippen LogP contribution in [0.15, 0.2) is 36.4 Å². The Bertz CT molecular complexity index is 950. The molecule has 5 nitrogen and oxygen atoms in total. The van der Waals surface area contributed by atoms with Crippen LogP contribution in [-0.2, 0) is 5.41 Å². The third-order valence-corrected chi connectivity index (χ3v) is 5.96. The monoisotopic (exact) mass is 381 g/mol. The Labute approximate surface area is 166 Å². The first-order valence-electron chi connectivity index (χ1n) is 9.54. The number of nitrogens with zero attached hydrogens (tertiary/aromatic N) is 1. The van der Waals surface area contributed by atoms with Crippen LogP contribution in [0.3, 0.4) is 0 Å². The van der Waals surface area contributed by atoms with E-state index in [1.165, 1.54) is 0 Å². The minimum absolute atomic E-state index is 0.369. The SMILES string of the molecule is CCOc1cccc2c1OC1(C=C2)N(C)c2c(OC)cc(OC)cc2C1(C)C. The number of rotatable bonds is 4. The molecule has 0 radical (unpaired) electrons. The van der Waals surface area contributed by atoms with Gasteiger partial charge in [-0.05, 0) is 50.6 Å². The Kier molecular flexibility index (Phi) is 4.21. The molecule has 0 bridgehead atoms. The molecule has 1 unspecified atom stereocenters. The molecule has 0 N–H and O–H groups in total. The smallest absolute Gasteiger partial charge is 0.212 e. The zero-order valence-electron chi connectivity index (χ0n) is 17.3. The first kappa shape index (κ1) is 18.5. The second-order valence-corrected chi connectivity index (χ2v) is 7.65. The summed E-state index contributed by atoms with van der Waals surface area (Å²) in [6.07, 6.45) is 4.26. The lowest BCUT2D eigenvalue weighted by Gasteiger charge is -2.46. The maximum Gasteiger partial charge on any atom is 0.212 e. The molecule has 0 saturated carbocycles. The van der Waals surface area contributed by atoms with Crippen LogP contribution in [0.4, 0.5) is 5.69 Å². The molecule has 2 aliphatic rings. The van der Waals surface area contributed by atoms with Gasteiger partial charge in [0.1, 0.15) is 11.5 Å². The van der Waals surface area contributed by atoms with Gasteiger partial charge in [0.05, 0.1) is 31.9 Å². The standard InChI is InChI=1S/C23H27NO4/c1-7-27-18-10-8-9-15-11-12-23(28-21(15)18)22(2,3)17-13-16(25-5)14-19(26-6)20(17)24(23)4/h8-14H,7H2,1-6H3. The van der Waals surface area contributed by atoms with E-state index in [0.29, 0.717) is 6.61 Å². The van der Waals surface area contributed by atoms with E-state index in [1.54, 1.807) is 14.2 Å². The normalized spacial score (nSPS) is 21.1. The molecule has 0 aromatic heterocycles. The van der Waals surface area contributed by atoms with Crippen molar-refractivity contribution in [3.05, 3.63) is 47.5 Å². The number of benzene rings is 2. The van der Waals surface area contributed by atoms with Crippen LogP contribution in [0.1, 0.15) is 31.9 Å². The van der Waals surface area contributed by atoms with Crippen LogP contribution in [-0.4, -0.2) is 33.6 Å². The van der Waals surface area contributed by atoms with Gasteiger partial charge in [-0.2, -0.15) is 0 Å². The molecule has 2 aliphatic heterocycles. The van der Waals surface area contributed by atoms with Crippen molar-refractivity contribution >= 4 is 11.8 Å². The fourth-order valence-electron chi connectivity index (χ4n) is 4.41. The molecule has 1 atom stereocenters. The number of likely N-dealkylation sites (N-methyl/N-ethyl adjacent to an activating group) is 1. The van der Waals surface area contributed by atoms with Crippen molar-refractivity contribution in [3.8, 4) is 23.0 Å². The molecular formula is C23H27NO4. The average molecular weight is 381 g/mol. The zero-order chi connectivity index (χ0) is 20.1. The van der Waals surface area contributed by atoms with Crippen molar-refractivity contribution in [1.29, 1.82) is 0 Å². The minimum Gasteiger partial charge on any atom is -0.497 e. The van der Waals surface area contributed by atoms with Gasteiger partial charge in [0.15, 0.2) is 11.5 Å². The molecule has 2 aromatic rings. The van der Waals surface area contributed by atoms with Crippen LogP contribution < -0.4 is 23.8 Å². The summed E-state index contributed by atoms with van der Waals surface area (Å²) in [6.45, 7) is 6.94. The lowest BCUT2D eigenvalue weighted by molar-refractivity contribution is 0.0544. The number of anilines is 1. The zero-order valence-corrected chi connectivity index (χ0v) is 17.3. The third kappa shape index (κ3) is 2.32. The summed E-state index contributed by atoms with van der Waals surface area (Å²) < 4.78 is 23.8. The van der Waals surface area contributed by atoms with Gasteiger partial charge in [-0.3, -0.25) is 0 Å². The summed E-state index contributed by atoms with van der Waals surface area (Å²) in [4.78, 5) is 2.16. The Morgan fingerprint density at radius 1 is 1.07 bits per heavy atom. The summed E-state index contributed by atoms with van der Waals surface area (Å²) in [5.74, 6) is 3.06. The largest absolute Gasteiger partial charge is 0.497 e. The Hall–Kier alpha value is -2.82. The topological polar surface area (TPSA) is 40.2 Å². The summed E-state index contributed by atoms with van der Waals surface area (Å²) in [5, 5.41) is 0. The predicted molar refractivity (Wildman–Crippen MR) is 111 cm³/mol. The highest BCUT2D eigenvalue weighted by atomic mass is 16.5. The number of ether oxygens (including phenoxy) is 4. The molecule has 0 aliphatic carbocycles. The van der Waals surface area contributed by atoms with Gasteiger partial charge in [-0.15, -0.1) is 0 Å². The van der Waals surface area contributed by atoms with Crippen LogP contribution in [0, 0.1) is 0 Å². The molecule has 0 saturated heterocycles. The van der Waals surface area contributed by atoms with E-state index in [0.717, 1.165) is 39.8 Å². The fourth-order valence-corrected chi connectivity index (χ4v) is 4.41. The summed E-state index contributed by atoms with van der Waals surface area (Å²) in [5.41, 5.74) is 2.06. The van der Waals surface area contributed by atoms with Crippen molar-refractivity contribution < 1.29 is 18.9 Å². The van der Waals surface area contributed by atoms with E-state index < -0.39 is 5.72 Å². The average Bonchev–Trinajstić information content (AvgIpc) is 2.86. The van der Waals surface area contributed by atoms with E-state index in [9.17, 15) is 0 Å². The van der Waals surface area contributed by atoms with Crippen molar-refractivity contribution in [2.24, 2.45) is 0 Å². The van der Waals surface area contributed by atoms with Crippen molar-refractivity contribution in [1.82, 2.24) is 0 Å². The molecule has 5 heteroatoms. The third-order valence-electron chi connectivity index (χ3n) is 5.96. The minimum atomic E-state index is -0.713. The number of hydrogen-bond acceptors (Lipinski definition) is 5. The molecule has 148 valence electrons. The van der Waals surface area contributed by atoms with Gasteiger partial charge in [0, 0.05) is 18.7 Å². The number of para-hydroxylation sites is 1. The quantitative estimate of drug-likeness (QED) is 0.772. The van der Waals surface area contributed by atoms with Crippen LogP contribution in [0.2, 0.25) is 0 Å². The van der Waals surface area contributed by atoms with Gasteiger partial charge in [0.2, 0.25) is 5.72 Å². The Morgan fingerprint density at radius 3 is 2.54 bits per heavy atom. The highest BCUT2D eigenvalue weighted by Gasteiger charge is 2.59. The van der Waals surface area contributed by atoms with Crippen LogP contribution in [0.25, 0.3) is 6.08 Å². The summed E-state index contributed by atoms with van der Waals surface area (Å²) >= 11 is 0. The van der Waals surface area contributed by atoms with Crippen molar-refractivity contribution in [3.63, 3.8) is 0 Å². The molecular weight excluding hydrogens is 354 g/mol. The molecule has 0 amide bonds. The van der Waals surface area contributed by atoms with Crippen LogP contribution >= 0.6 is 0 Å². The van der Waals surface area contributed by atoms with Gasteiger partial charge in [-0.25, -0.2) is 0 Å². The van der Waals surface area contributed by atoms with Crippen molar-refractivity contribution in [2.75, 3.05) is 32.8 Å². The van der Waals surface area contributed by atoms with Gasteiger partial charge in [-0.1, -0.05) is 12.1 Å². The van der Waals surface area contributed by atoms with E-state index in [-0.39, 0.29) is 5.41 Å². The highest BCUT2D eigenvalue weighted by Crippen LogP contribution is 2.58.